The van der Waals surface area contributed by atoms with Gasteiger partial charge >= 0.3 is 0 Å². The van der Waals surface area contributed by atoms with Gasteiger partial charge in [0, 0.05) is 57.2 Å². The number of anilines is 2. The van der Waals surface area contributed by atoms with Gasteiger partial charge in [-0.1, -0.05) is 6.07 Å². The van der Waals surface area contributed by atoms with Gasteiger partial charge in [-0.15, -0.1) is 5.10 Å². The first-order valence-electron chi connectivity index (χ1n) is 19.5. The monoisotopic (exact) mass is 774 g/mol. The van der Waals surface area contributed by atoms with E-state index in [1.54, 1.807) is 36.6 Å². The van der Waals surface area contributed by atoms with Gasteiger partial charge in [-0.25, -0.2) is 19.6 Å². The van der Waals surface area contributed by atoms with Crippen molar-refractivity contribution in [1.29, 1.82) is 5.26 Å². The molecule has 1 aliphatic heterocycles. The summed E-state index contributed by atoms with van der Waals surface area (Å²) < 4.78 is 43.3. The second-order valence-electron chi connectivity index (χ2n) is 13.8. The zero-order valence-corrected chi connectivity index (χ0v) is 32.5. The molecule has 4 aromatic rings. The third kappa shape index (κ3) is 12.4. The molecule has 2 aliphatic rings. The second kappa shape index (κ2) is 22.1. The Labute approximate surface area is 328 Å². The van der Waals surface area contributed by atoms with Crippen molar-refractivity contribution in [1.82, 2.24) is 39.4 Å². The fourth-order valence-corrected chi connectivity index (χ4v) is 6.80. The number of nitrogens with one attached hydrogen (secondary N) is 1. The third-order valence-corrected chi connectivity index (χ3v) is 9.72. The Hall–Kier alpha value is -4.70. The molecule has 0 spiro atoms. The lowest BCUT2D eigenvalue weighted by atomic mass is 9.90. The van der Waals surface area contributed by atoms with Crippen LogP contribution in [0.15, 0.2) is 49.4 Å². The smallest absolute Gasteiger partial charge is 0.256 e. The topological polar surface area (TPSA) is 178 Å². The molecule has 302 valence electrons. The van der Waals surface area contributed by atoms with Crippen molar-refractivity contribution in [2.45, 2.75) is 63.8 Å². The molecule has 0 bridgehead atoms. The van der Waals surface area contributed by atoms with Crippen LogP contribution in [0, 0.1) is 11.3 Å². The Balaban J connectivity index is 1.05. The number of methoxy groups -OCH3 is 1. The number of nitrogens with zero attached hydrogens (tertiary/aromatic N) is 9. The molecule has 0 amide bonds. The van der Waals surface area contributed by atoms with E-state index in [0.717, 1.165) is 63.1 Å². The van der Waals surface area contributed by atoms with Crippen molar-refractivity contribution in [3.63, 3.8) is 0 Å². The summed E-state index contributed by atoms with van der Waals surface area (Å²) in [5, 5.41) is 22.1. The van der Waals surface area contributed by atoms with Gasteiger partial charge in [-0.3, -0.25) is 9.58 Å². The first kappa shape index (κ1) is 40.9. The number of hydrogen-bond acceptors (Lipinski definition) is 15. The first-order valence-corrected chi connectivity index (χ1v) is 19.5. The number of morpholine rings is 1. The van der Waals surface area contributed by atoms with Gasteiger partial charge in [0.05, 0.1) is 83.8 Å². The van der Waals surface area contributed by atoms with Gasteiger partial charge in [0.1, 0.15) is 36.3 Å². The average molecular weight is 775 g/mol. The molecule has 0 radical (unpaired) electrons. The highest BCUT2D eigenvalue weighted by atomic mass is 16.6. The van der Waals surface area contributed by atoms with Gasteiger partial charge in [-0.2, -0.15) is 10.4 Å². The van der Waals surface area contributed by atoms with Crippen LogP contribution in [0.3, 0.4) is 0 Å². The quantitative estimate of drug-likeness (QED) is 0.105. The van der Waals surface area contributed by atoms with Crippen LogP contribution in [0.25, 0.3) is 11.1 Å². The van der Waals surface area contributed by atoms with Crippen LogP contribution in [0.4, 0.5) is 11.6 Å². The van der Waals surface area contributed by atoms with Crippen molar-refractivity contribution in [2.24, 2.45) is 0 Å². The molecule has 17 heteroatoms. The minimum atomic E-state index is -0.242. The molecule has 1 saturated heterocycles. The Morgan fingerprint density at radius 2 is 1.62 bits per heavy atom. The van der Waals surface area contributed by atoms with Crippen LogP contribution in [-0.4, -0.2) is 138 Å². The summed E-state index contributed by atoms with van der Waals surface area (Å²) in [6.45, 7) is 10.2. The fraction of sp³-hybridized carbons (Fsp3) is 0.590. The molecule has 1 saturated carbocycles. The number of aromatic nitrogens is 7. The van der Waals surface area contributed by atoms with Crippen LogP contribution in [0.1, 0.15) is 50.6 Å². The summed E-state index contributed by atoms with van der Waals surface area (Å²) in [6.07, 6.45) is 13.4. The van der Waals surface area contributed by atoms with Gasteiger partial charge in [0.15, 0.2) is 0 Å². The normalized spacial score (nSPS) is 18.0. The van der Waals surface area contributed by atoms with E-state index >= 15 is 0 Å². The number of hydrogen-bond donors (Lipinski definition) is 1. The van der Waals surface area contributed by atoms with Gasteiger partial charge < -0.3 is 38.5 Å². The summed E-state index contributed by atoms with van der Waals surface area (Å²) in [5.41, 5.74) is 2.74. The van der Waals surface area contributed by atoms with Gasteiger partial charge in [0.2, 0.25) is 5.95 Å². The van der Waals surface area contributed by atoms with Crippen LogP contribution >= 0.6 is 0 Å². The maximum absolute atomic E-state index is 9.72. The zero-order chi connectivity index (χ0) is 38.8. The highest BCUT2D eigenvalue weighted by Crippen LogP contribution is 2.35. The molecule has 0 unspecified atom stereocenters. The molecular weight excluding hydrogens is 720 g/mol. The lowest BCUT2D eigenvalue weighted by Gasteiger charge is -2.38. The van der Waals surface area contributed by atoms with E-state index in [4.69, 9.17) is 38.3 Å². The SMILES string of the molecule is COCCOCCOCCOCCCOc1nn([C@H]2CC[C@H](N3CCOCC3)CC2)cc1Nc1ncc(-c2ccc(C#N)c(O[C@@H](C)Cn3cncn3)c2)cn1. The minimum absolute atomic E-state index is 0.242. The number of rotatable bonds is 23. The highest BCUT2D eigenvalue weighted by molar-refractivity contribution is 5.67. The Morgan fingerprint density at radius 3 is 2.32 bits per heavy atom. The molecule has 6 rings (SSSR count). The number of nitriles is 1. The predicted octanol–water partition coefficient (Wildman–Crippen LogP) is 4.30. The summed E-state index contributed by atoms with van der Waals surface area (Å²) in [6, 6.07) is 8.52. The van der Waals surface area contributed by atoms with Crippen LogP contribution in [0.2, 0.25) is 0 Å². The fourth-order valence-electron chi connectivity index (χ4n) is 6.80. The standard InChI is InChI=1S/C39H54N10O7/c1-30(26-48-29-41-28-44-48)56-37-22-31(4-5-32(37)23-40)33-24-42-39(43-25-33)45-36-27-49(35-8-6-34(7-9-35)47-10-14-52-15-11-47)46-38(36)55-13-3-12-51-18-19-54-21-20-53-17-16-50-2/h4-5,22,24-25,27-30,34-35H,3,6-21,26H2,1-2H3,(H,42,43,45)/t30-,34-,35-/m0/s1. The van der Waals surface area contributed by atoms with Crippen molar-refractivity contribution >= 4 is 11.6 Å². The summed E-state index contributed by atoms with van der Waals surface area (Å²) >= 11 is 0. The van der Waals surface area contributed by atoms with E-state index in [2.05, 4.69) is 36.3 Å². The van der Waals surface area contributed by atoms with E-state index in [0.29, 0.717) is 101 Å². The summed E-state index contributed by atoms with van der Waals surface area (Å²) in [5.74, 6) is 1.39. The molecule has 17 nitrogen and oxygen atoms in total. The number of ether oxygens (including phenoxy) is 7. The second-order valence-corrected chi connectivity index (χ2v) is 13.8. The molecule has 4 heterocycles. The van der Waals surface area contributed by atoms with E-state index in [9.17, 15) is 5.26 Å². The molecule has 1 atom stereocenters. The van der Waals surface area contributed by atoms with Gasteiger partial charge in [0.25, 0.3) is 5.88 Å². The Bertz CT molecular complexity index is 1750. The lowest BCUT2D eigenvalue weighted by molar-refractivity contribution is 0.00242. The Kier molecular flexibility index (Phi) is 16.2. The van der Waals surface area contributed by atoms with Crippen molar-refractivity contribution in [3.8, 4) is 28.8 Å². The first-order chi connectivity index (χ1) is 27.6. The Morgan fingerprint density at radius 1 is 0.911 bits per heavy atom. The van der Waals surface area contributed by atoms with Crippen LogP contribution in [-0.2, 0) is 30.2 Å². The van der Waals surface area contributed by atoms with Crippen molar-refractivity contribution < 1.29 is 33.2 Å². The molecule has 1 N–H and O–H groups in total. The molecule has 3 aromatic heterocycles. The van der Waals surface area contributed by atoms with Crippen molar-refractivity contribution in [3.05, 3.63) is 55.0 Å². The zero-order valence-electron chi connectivity index (χ0n) is 32.5. The maximum atomic E-state index is 9.72. The predicted molar refractivity (Wildman–Crippen MR) is 206 cm³/mol. The number of benzene rings is 1. The van der Waals surface area contributed by atoms with E-state index in [1.807, 2.05) is 29.9 Å². The average Bonchev–Trinajstić information content (AvgIpc) is 3.90. The lowest BCUT2D eigenvalue weighted by Crippen LogP contribution is -2.45. The molecule has 1 aromatic carbocycles. The molecule has 56 heavy (non-hydrogen) atoms. The summed E-state index contributed by atoms with van der Waals surface area (Å²) in [7, 11) is 1.65. The van der Waals surface area contributed by atoms with E-state index < -0.39 is 0 Å². The third-order valence-electron chi connectivity index (χ3n) is 9.72. The van der Waals surface area contributed by atoms with Gasteiger partial charge in [-0.05, 0) is 50.3 Å². The molecule has 1 aliphatic carbocycles. The van der Waals surface area contributed by atoms with Crippen LogP contribution < -0.4 is 14.8 Å². The largest absolute Gasteiger partial charge is 0.487 e. The van der Waals surface area contributed by atoms with Crippen molar-refractivity contribution in [2.75, 3.05) is 91.6 Å². The minimum Gasteiger partial charge on any atom is -0.487 e. The highest BCUT2D eigenvalue weighted by Gasteiger charge is 2.29. The molecule has 2 fully saturated rings. The van der Waals surface area contributed by atoms with Crippen LogP contribution in [0.5, 0.6) is 11.6 Å². The maximum Gasteiger partial charge on any atom is 0.256 e. The molecular formula is C39H54N10O7. The summed E-state index contributed by atoms with van der Waals surface area (Å²) in [4.78, 5) is 15.8. The van der Waals surface area contributed by atoms with E-state index in [1.165, 1.54) is 6.33 Å². The van der Waals surface area contributed by atoms with E-state index in [-0.39, 0.29) is 12.1 Å².